The fraction of sp³-hybridized carbons (Fsp3) is 0.300. The first-order chi connectivity index (χ1) is 8.35. The van der Waals surface area contributed by atoms with Gasteiger partial charge >= 0.3 is 0 Å². The van der Waals surface area contributed by atoms with E-state index in [4.69, 9.17) is 23.2 Å². The van der Waals surface area contributed by atoms with Crippen molar-refractivity contribution in [2.24, 2.45) is 0 Å². The summed E-state index contributed by atoms with van der Waals surface area (Å²) in [5, 5.41) is 0.982. The summed E-state index contributed by atoms with van der Waals surface area (Å²) >= 11 is 11.9. The number of hydrogen-bond donors (Lipinski definition) is 1. The summed E-state index contributed by atoms with van der Waals surface area (Å²) in [6.07, 6.45) is 5.08. The second kappa shape index (κ2) is 5.05. The van der Waals surface area contributed by atoms with Crippen LogP contribution in [0.4, 0.5) is 0 Å². The minimum atomic E-state index is -3.17. The lowest BCUT2D eigenvalue weighted by Gasteiger charge is -1.98. The Bertz CT molecular complexity index is 682. The van der Waals surface area contributed by atoms with E-state index in [0.29, 0.717) is 28.7 Å². The van der Waals surface area contributed by atoms with Crippen LogP contribution in [0, 0.1) is 0 Å². The van der Waals surface area contributed by atoms with E-state index in [0.717, 1.165) is 11.9 Å². The van der Waals surface area contributed by atoms with Crippen molar-refractivity contribution in [3.63, 3.8) is 0 Å². The minimum Gasteiger partial charge on any atom is -0.304 e. The summed E-state index contributed by atoms with van der Waals surface area (Å²) in [6, 6.07) is 1.62. The molecule has 0 fully saturated rings. The molecule has 0 aliphatic rings. The van der Waals surface area contributed by atoms with Gasteiger partial charge in [-0.2, -0.15) is 0 Å². The van der Waals surface area contributed by atoms with Gasteiger partial charge in [-0.25, -0.2) is 18.1 Å². The largest absolute Gasteiger partial charge is 0.304 e. The van der Waals surface area contributed by atoms with E-state index in [-0.39, 0.29) is 0 Å². The highest BCUT2D eigenvalue weighted by molar-refractivity contribution is 7.88. The first kappa shape index (κ1) is 13.6. The van der Waals surface area contributed by atoms with Crippen molar-refractivity contribution < 1.29 is 8.42 Å². The van der Waals surface area contributed by atoms with Gasteiger partial charge in [-0.3, -0.25) is 0 Å². The lowest BCUT2D eigenvalue weighted by Crippen LogP contribution is -2.24. The minimum absolute atomic E-state index is 0.300. The van der Waals surface area contributed by atoms with Crippen molar-refractivity contribution >= 4 is 38.9 Å². The van der Waals surface area contributed by atoms with Crippen LogP contribution in [0.15, 0.2) is 18.5 Å². The van der Waals surface area contributed by atoms with E-state index in [1.54, 1.807) is 22.9 Å². The molecule has 0 bridgehead atoms. The van der Waals surface area contributed by atoms with Gasteiger partial charge in [0.15, 0.2) is 5.65 Å². The third kappa shape index (κ3) is 3.35. The summed E-state index contributed by atoms with van der Waals surface area (Å²) in [4.78, 5) is 4.31. The van der Waals surface area contributed by atoms with Gasteiger partial charge in [-0.1, -0.05) is 23.2 Å². The van der Waals surface area contributed by atoms with Gasteiger partial charge in [0.25, 0.3) is 0 Å². The molecule has 0 radical (unpaired) electrons. The van der Waals surface area contributed by atoms with Crippen molar-refractivity contribution in [1.82, 2.24) is 14.1 Å². The predicted octanol–water partition coefficient (Wildman–Crippen LogP) is 1.73. The molecule has 2 aromatic heterocycles. The molecule has 2 rings (SSSR count). The van der Waals surface area contributed by atoms with Crippen molar-refractivity contribution in [3.8, 4) is 0 Å². The molecular formula is C10H11Cl2N3O2S. The lowest BCUT2D eigenvalue weighted by atomic mass is 10.3. The summed E-state index contributed by atoms with van der Waals surface area (Å²) in [5.74, 6) is 0. The molecule has 2 aromatic rings. The Morgan fingerprint density at radius 2 is 2.11 bits per heavy atom. The number of rotatable bonds is 4. The van der Waals surface area contributed by atoms with E-state index < -0.39 is 10.0 Å². The molecule has 0 spiro atoms. The first-order valence-corrected chi connectivity index (χ1v) is 7.77. The van der Waals surface area contributed by atoms with Gasteiger partial charge in [0.05, 0.1) is 22.0 Å². The zero-order valence-electron chi connectivity index (χ0n) is 9.52. The zero-order valence-corrected chi connectivity index (χ0v) is 11.8. The number of nitrogens with zero attached hydrogens (tertiary/aromatic N) is 2. The summed E-state index contributed by atoms with van der Waals surface area (Å²) in [7, 11) is -3.17. The van der Waals surface area contributed by atoms with E-state index >= 15 is 0 Å². The normalized spacial score (nSPS) is 12.2. The van der Waals surface area contributed by atoms with E-state index in [1.807, 2.05) is 0 Å². The van der Waals surface area contributed by atoms with Gasteiger partial charge in [0, 0.05) is 25.4 Å². The Morgan fingerprint density at radius 3 is 2.78 bits per heavy atom. The second-order valence-corrected chi connectivity index (χ2v) is 6.56. The highest BCUT2D eigenvalue weighted by Gasteiger charge is 2.07. The van der Waals surface area contributed by atoms with Crippen LogP contribution < -0.4 is 4.72 Å². The molecule has 5 nitrogen and oxygen atoms in total. The Morgan fingerprint density at radius 1 is 1.39 bits per heavy atom. The van der Waals surface area contributed by atoms with E-state index in [2.05, 4.69) is 9.71 Å². The van der Waals surface area contributed by atoms with E-state index in [9.17, 15) is 8.42 Å². The van der Waals surface area contributed by atoms with Gasteiger partial charge in [0.1, 0.15) is 0 Å². The zero-order chi connectivity index (χ0) is 13.3. The molecule has 0 unspecified atom stereocenters. The topological polar surface area (TPSA) is 63.5 Å². The number of sulfonamides is 1. The molecule has 98 valence electrons. The van der Waals surface area contributed by atoms with Crippen LogP contribution in [0.5, 0.6) is 0 Å². The smallest absolute Gasteiger partial charge is 0.208 e. The van der Waals surface area contributed by atoms with Crippen LogP contribution in [-0.4, -0.2) is 30.6 Å². The molecule has 0 aromatic carbocycles. The number of pyridine rings is 1. The highest BCUT2D eigenvalue weighted by atomic mass is 35.5. The molecule has 0 atom stereocenters. The number of halogens is 2. The van der Waals surface area contributed by atoms with Crippen LogP contribution in [0.25, 0.3) is 5.65 Å². The molecular weight excluding hydrogens is 297 g/mol. The number of hydrogen-bond acceptors (Lipinski definition) is 3. The van der Waals surface area contributed by atoms with Crippen molar-refractivity contribution in [2.45, 2.75) is 6.42 Å². The fourth-order valence-corrected chi connectivity index (χ4v) is 2.56. The molecule has 18 heavy (non-hydrogen) atoms. The molecule has 0 saturated heterocycles. The first-order valence-electron chi connectivity index (χ1n) is 5.12. The SMILES string of the molecule is CS(=O)(=O)NCCc1cn2cc(Cl)cc(Cl)c2n1. The number of imidazole rings is 1. The van der Waals surface area contributed by atoms with Gasteiger partial charge < -0.3 is 4.40 Å². The summed E-state index contributed by atoms with van der Waals surface area (Å²) < 4.78 is 26.0. The van der Waals surface area contributed by atoms with Crippen LogP contribution in [0.1, 0.15) is 5.69 Å². The average molecular weight is 308 g/mol. The number of nitrogens with one attached hydrogen (secondary N) is 1. The van der Waals surface area contributed by atoms with Gasteiger partial charge in [-0.15, -0.1) is 0 Å². The molecule has 8 heteroatoms. The summed E-state index contributed by atoms with van der Waals surface area (Å²) in [5.41, 5.74) is 1.35. The molecule has 1 N–H and O–H groups in total. The Labute approximate surface area is 115 Å². The molecule has 0 aliphatic heterocycles. The monoisotopic (exact) mass is 307 g/mol. The van der Waals surface area contributed by atoms with Crippen LogP contribution in [0.2, 0.25) is 10.0 Å². The molecule has 0 saturated carbocycles. The molecule has 2 heterocycles. The lowest BCUT2D eigenvalue weighted by molar-refractivity contribution is 0.587. The van der Waals surface area contributed by atoms with Crippen molar-refractivity contribution in [1.29, 1.82) is 0 Å². The maximum absolute atomic E-state index is 10.9. The van der Waals surface area contributed by atoms with E-state index in [1.165, 1.54) is 0 Å². The fourth-order valence-electron chi connectivity index (χ4n) is 1.56. The summed E-state index contributed by atoms with van der Waals surface area (Å²) in [6.45, 7) is 0.300. The predicted molar refractivity (Wildman–Crippen MR) is 71.8 cm³/mol. The molecule has 0 aliphatic carbocycles. The maximum Gasteiger partial charge on any atom is 0.208 e. The Balaban J connectivity index is 2.18. The Kier molecular flexibility index (Phi) is 3.82. The number of aromatic nitrogens is 2. The van der Waals surface area contributed by atoms with Gasteiger partial charge in [0.2, 0.25) is 10.0 Å². The standard InChI is InChI=1S/C10H11Cl2N3O2S/c1-18(16,17)13-3-2-8-6-15-5-7(11)4-9(12)10(15)14-8/h4-6,13H,2-3H2,1H3. The second-order valence-electron chi connectivity index (χ2n) is 3.89. The quantitative estimate of drug-likeness (QED) is 0.935. The van der Waals surface area contributed by atoms with Crippen LogP contribution in [0.3, 0.4) is 0 Å². The van der Waals surface area contributed by atoms with Gasteiger partial charge in [-0.05, 0) is 6.07 Å². The highest BCUT2D eigenvalue weighted by Crippen LogP contribution is 2.21. The Hall–Kier alpha value is -0.820. The molecule has 0 amide bonds. The van der Waals surface area contributed by atoms with Crippen molar-refractivity contribution in [3.05, 3.63) is 34.2 Å². The third-order valence-corrected chi connectivity index (χ3v) is 3.48. The van der Waals surface area contributed by atoms with Crippen molar-refractivity contribution in [2.75, 3.05) is 12.8 Å². The maximum atomic E-state index is 10.9. The van der Waals surface area contributed by atoms with Crippen LogP contribution in [-0.2, 0) is 16.4 Å². The number of fused-ring (bicyclic) bond motifs is 1. The van der Waals surface area contributed by atoms with Crippen LogP contribution >= 0.6 is 23.2 Å². The average Bonchev–Trinajstić information content (AvgIpc) is 2.58. The third-order valence-electron chi connectivity index (χ3n) is 2.27.